The van der Waals surface area contributed by atoms with Crippen molar-refractivity contribution in [1.29, 1.82) is 0 Å². The van der Waals surface area contributed by atoms with Gasteiger partial charge in [0, 0.05) is 12.1 Å². The molecule has 2 aliphatic heterocycles. The predicted octanol–water partition coefficient (Wildman–Crippen LogP) is 4.95. The first kappa shape index (κ1) is 21.4. The molecular weight excluding hydrogens is 469 g/mol. The molecule has 3 atom stereocenters. The van der Waals surface area contributed by atoms with E-state index >= 15 is 0 Å². The van der Waals surface area contributed by atoms with Gasteiger partial charge in [0.25, 0.3) is 11.6 Å². The van der Waals surface area contributed by atoms with Gasteiger partial charge in [-0.1, -0.05) is 59.6 Å². The summed E-state index contributed by atoms with van der Waals surface area (Å²) in [6.45, 7) is 0. The molecule has 8 nitrogen and oxygen atoms in total. The lowest BCUT2D eigenvalue weighted by atomic mass is 9.90. The molecule has 0 unspecified atom stereocenters. The highest BCUT2D eigenvalue weighted by atomic mass is 35.5. The number of halogens is 2. The maximum atomic E-state index is 13.6. The van der Waals surface area contributed by atoms with Crippen LogP contribution in [0, 0.1) is 16.0 Å². The molecule has 2 aliphatic rings. The monoisotopic (exact) mass is 483 g/mol. The number of fused-ring (bicyclic) bond motifs is 1. The fourth-order valence-electron chi connectivity index (χ4n) is 4.27. The van der Waals surface area contributed by atoms with Gasteiger partial charge >= 0.3 is 0 Å². The fraction of sp³-hybridized carbons (Fsp3) is 0.130. The average molecular weight is 484 g/mol. The topological polar surface area (TPSA) is 93.0 Å². The number of benzene rings is 3. The minimum absolute atomic E-state index is 0.0845. The van der Waals surface area contributed by atoms with Crippen LogP contribution < -0.4 is 9.96 Å². The lowest BCUT2D eigenvalue weighted by molar-refractivity contribution is -0.384. The van der Waals surface area contributed by atoms with E-state index in [4.69, 9.17) is 28.0 Å². The van der Waals surface area contributed by atoms with E-state index in [1.807, 2.05) is 6.07 Å². The number of hydrogen-bond donors (Lipinski definition) is 0. The number of hydroxylamine groups is 1. The highest BCUT2D eigenvalue weighted by Crippen LogP contribution is 2.49. The van der Waals surface area contributed by atoms with E-state index in [0.717, 1.165) is 4.90 Å². The summed E-state index contributed by atoms with van der Waals surface area (Å²) >= 11 is 12.6. The number of hydrogen-bond acceptors (Lipinski definition) is 6. The zero-order valence-electron chi connectivity index (χ0n) is 16.8. The molecule has 166 valence electrons. The highest BCUT2D eigenvalue weighted by molar-refractivity contribution is 6.42. The Morgan fingerprint density at radius 3 is 2.09 bits per heavy atom. The Bertz CT molecular complexity index is 1250. The van der Waals surface area contributed by atoms with Crippen molar-refractivity contribution in [2.75, 3.05) is 9.96 Å². The van der Waals surface area contributed by atoms with Crippen LogP contribution in [0.1, 0.15) is 11.6 Å². The van der Waals surface area contributed by atoms with Crippen LogP contribution in [0.2, 0.25) is 10.0 Å². The van der Waals surface area contributed by atoms with E-state index in [1.54, 1.807) is 54.6 Å². The number of carbonyl (C=O) groups excluding carboxylic acids is 2. The molecular formula is C23H15Cl2N3O5. The van der Waals surface area contributed by atoms with Gasteiger partial charge in [-0.05, 0) is 29.8 Å². The molecule has 2 heterocycles. The number of rotatable bonds is 4. The molecule has 2 fully saturated rings. The Hall–Kier alpha value is -3.46. The molecule has 33 heavy (non-hydrogen) atoms. The Balaban J connectivity index is 1.60. The molecule has 10 heteroatoms. The van der Waals surface area contributed by atoms with Gasteiger partial charge in [0.05, 0.1) is 32.4 Å². The van der Waals surface area contributed by atoms with E-state index in [1.165, 1.54) is 17.2 Å². The van der Waals surface area contributed by atoms with E-state index < -0.39 is 34.8 Å². The zero-order valence-corrected chi connectivity index (χ0v) is 18.3. The quantitative estimate of drug-likeness (QED) is 0.296. The Kier molecular flexibility index (Phi) is 5.28. The lowest BCUT2D eigenvalue weighted by Gasteiger charge is -2.29. The molecule has 0 saturated carbocycles. The SMILES string of the molecule is O=C1[C@H]2[C@@H](c3ccc([N+](=O)[O-])cc3)N(c3ccccc3)O[C@H]2C(=O)N1c1c(Cl)cccc1Cl. The van der Waals surface area contributed by atoms with E-state index in [2.05, 4.69) is 0 Å². The molecule has 0 N–H and O–H groups in total. The molecule has 0 aromatic heterocycles. The van der Waals surface area contributed by atoms with Crippen LogP contribution in [0.15, 0.2) is 72.8 Å². The van der Waals surface area contributed by atoms with Crippen molar-refractivity contribution in [1.82, 2.24) is 0 Å². The Labute approximate surface area is 198 Å². The predicted molar refractivity (Wildman–Crippen MR) is 122 cm³/mol. The summed E-state index contributed by atoms with van der Waals surface area (Å²) in [5.74, 6) is -2.00. The number of nitro groups is 1. The summed E-state index contributed by atoms with van der Waals surface area (Å²) in [4.78, 5) is 44.6. The second-order valence-electron chi connectivity index (χ2n) is 7.59. The van der Waals surface area contributed by atoms with Crippen molar-refractivity contribution < 1.29 is 19.3 Å². The number of non-ortho nitro benzene ring substituents is 1. The number of imide groups is 1. The third kappa shape index (κ3) is 3.43. The van der Waals surface area contributed by atoms with Gasteiger partial charge in [0.15, 0.2) is 6.10 Å². The summed E-state index contributed by atoms with van der Waals surface area (Å²) in [6, 6.07) is 18.9. The molecule has 3 aromatic carbocycles. The van der Waals surface area contributed by atoms with Crippen LogP contribution in [-0.4, -0.2) is 22.8 Å². The third-order valence-corrected chi connectivity index (χ3v) is 6.34. The average Bonchev–Trinajstić information content (AvgIpc) is 3.31. The van der Waals surface area contributed by atoms with Crippen LogP contribution in [-0.2, 0) is 14.4 Å². The van der Waals surface area contributed by atoms with Crippen molar-refractivity contribution in [3.63, 3.8) is 0 Å². The standard InChI is InChI=1S/C23H15Cl2N3O5/c24-16-7-4-8-17(25)20(16)26-22(29)18-19(13-9-11-15(12-10-13)28(31)32)27(33-21(18)23(26)30)14-5-2-1-3-6-14/h1-12,18-19,21H/t18-,19+,21+/m0/s1. The molecule has 2 saturated heterocycles. The van der Waals surface area contributed by atoms with Crippen molar-refractivity contribution in [2.45, 2.75) is 12.1 Å². The van der Waals surface area contributed by atoms with E-state index in [0.29, 0.717) is 11.3 Å². The maximum absolute atomic E-state index is 13.6. The lowest BCUT2D eigenvalue weighted by Crippen LogP contribution is -2.37. The van der Waals surface area contributed by atoms with Crippen LogP contribution in [0.25, 0.3) is 0 Å². The van der Waals surface area contributed by atoms with Crippen molar-refractivity contribution in [2.24, 2.45) is 5.92 Å². The van der Waals surface area contributed by atoms with Gasteiger partial charge in [-0.2, -0.15) is 0 Å². The summed E-state index contributed by atoms with van der Waals surface area (Å²) in [6.07, 6.45) is -1.11. The van der Waals surface area contributed by atoms with Gasteiger partial charge < -0.3 is 0 Å². The molecule has 3 aromatic rings. The number of nitrogens with zero attached hydrogens (tertiary/aromatic N) is 3. The zero-order chi connectivity index (χ0) is 23.3. The number of amides is 2. The van der Waals surface area contributed by atoms with Crippen LogP contribution in [0.3, 0.4) is 0 Å². The third-order valence-electron chi connectivity index (χ3n) is 5.73. The van der Waals surface area contributed by atoms with Gasteiger partial charge in [0.2, 0.25) is 5.91 Å². The minimum atomic E-state index is -1.11. The summed E-state index contributed by atoms with van der Waals surface area (Å²) in [7, 11) is 0. The normalized spacial score (nSPS) is 22.1. The molecule has 0 spiro atoms. The highest BCUT2D eigenvalue weighted by Gasteiger charge is 2.60. The van der Waals surface area contributed by atoms with Crippen molar-refractivity contribution >= 4 is 52.1 Å². The maximum Gasteiger partial charge on any atom is 0.269 e. The molecule has 0 radical (unpaired) electrons. The number of anilines is 2. The van der Waals surface area contributed by atoms with Gasteiger partial charge in [0.1, 0.15) is 5.92 Å². The van der Waals surface area contributed by atoms with E-state index in [-0.39, 0.29) is 21.4 Å². The Morgan fingerprint density at radius 2 is 1.48 bits per heavy atom. The Morgan fingerprint density at radius 1 is 0.848 bits per heavy atom. The first-order valence-corrected chi connectivity index (χ1v) is 10.7. The number of para-hydroxylation sites is 2. The number of nitro benzene ring substituents is 1. The van der Waals surface area contributed by atoms with Crippen LogP contribution >= 0.6 is 23.2 Å². The molecule has 0 aliphatic carbocycles. The molecule has 5 rings (SSSR count). The second-order valence-corrected chi connectivity index (χ2v) is 8.40. The number of carbonyl (C=O) groups is 2. The van der Waals surface area contributed by atoms with Crippen molar-refractivity contribution in [3.8, 4) is 0 Å². The van der Waals surface area contributed by atoms with Crippen LogP contribution in [0.5, 0.6) is 0 Å². The summed E-state index contributed by atoms with van der Waals surface area (Å²) in [5.41, 5.74) is 1.25. The second kappa shape index (κ2) is 8.15. The first-order chi connectivity index (χ1) is 15.9. The minimum Gasteiger partial charge on any atom is -0.273 e. The first-order valence-electron chi connectivity index (χ1n) is 9.95. The van der Waals surface area contributed by atoms with Gasteiger partial charge in [-0.25, -0.2) is 9.96 Å². The summed E-state index contributed by atoms with van der Waals surface area (Å²) in [5, 5.41) is 12.9. The van der Waals surface area contributed by atoms with E-state index in [9.17, 15) is 19.7 Å². The fourth-order valence-corrected chi connectivity index (χ4v) is 4.83. The summed E-state index contributed by atoms with van der Waals surface area (Å²) < 4.78 is 0. The smallest absolute Gasteiger partial charge is 0.269 e. The van der Waals surface area contributed by atoms with Gasteiger partial charge in [-0.15, -0.1) is 0 Å². The molecule has 0 bridgehead atoms. The van der Waals surface area contributed by atoms with Gasteiger partial charge in [-0.3, -0.25) is 24.5 Å². The van der Waals surface area contributed by atoms with Crippen LogP contribution in [0.4, 0.5) is 17.1 Å². The van der Waals surface area contributed by atoms with Crippen molar-refractivity contribution in [3.05, 3.63) is 98.5 Å². The largest absolute Gasteiger partial charge is 0.273 e. The molecule has 2 amide bonds.